The predicted molar refractivity (Wildman–Crippen MR) is 114 cm³/mol. The fourth-order valence-corrected chi connectivity index (χ4v) is 4.74. The first-order valence-electron chi connectivity index (χ1n) is 9.85. The molecule has 11 heteroatoms. The Labute approximate surface area is 182 Å². The molecule has 0 saturated carbocycles. The van der Waals surface area contributed by atoms with E-state index in [1.807, 2.05) is 0 Å². The molecule has 1 amide bonds. The Balaban J connectivity index is 1.67. The highest BCUT2D eigenvalue weighted by atomic mass is 32.1. The molecule has 1 aromatic carbocycles. The Morgan fingerprint density at radius 1 is 1.19 bits per heavy atom. The summed E-state index contributed by atoms with van der Waals surface area (Å²) in [5.41, 5.74) is -0.399. The molecular weight excluding hydrogens is 424 g/mol. The van der Waals surface area contributed by atoms with Crippen molar-refractivity contribution in [3.63, 3.8) is 0 Å². The number of aromatic nitrogens is 1. The Morgan fingerprint density at radius 3 is 2.19 bits per heavy atom. The lowest BCUT2D eigenvalue weighted by Gasteiger charge is -2.31. The van der Waals surface area contributed by atoms with E-state index >= 15 is 0 Å². The summed E-state index contributed by atoms with van der Waals surface area (Å²) in [5, 5.41) is 35.1. The molecule has 2 heterocycles. The standard InChI is InChI=1S/C20H24N4O6S/c1-20(2,3)16-11-31-19(21-16)13-4-6-22(7-5-13)17(25)10-12-8-14(23(27)28)18(26)15(9-12)24(29)30/h8-9,11,13,26H,4-7,10H2,1-3H3. The molecule has 10 nitrogen and oxygen atoms in total. The highest BCUT2D eigenvalue weighted by molar-refractivity contribution is 7.09. The molecule has 31 heavy (non-hydrogen) atoms. The third kappa shape index (κ3) is 4.98. The van der Waals surface area contributed by atoms with Gasteiger partial charge in [0.25, 0.3) is 5.75 Å². The second-order valence-corrected chi connectivity index (χ2v) is 9.54. The first kappa shape index (κ1) is 22.6. The SMILES string of the molecule is CC(C)(C)c1csc(C2CCN(C(=O)Cc3cc([N+](=O)[O-])c(O)c([N+](=O)[O-])c3)CC2)n1. The average molecular weight is 449 g/mol. The van der Waals surface area contributed by atoms with Crippen LogP contribution in [0.25, 0.3) is 0 Å². The molecule has 0 atom stereocenters. The van der Waals surface area contributed by atoms with Crippen molar-refractivity contribution in [2.75, 3.05) is 13.1 Å². The van der Waals surface area contributed by atoms with Crippen LogP contribution in [0, 0.1) is 20.2 Å². The third-order valence-electron chi connectivity index (χ3n) is 5.37. The molecule has 0 bridgehead atoms. The zero-order valence-electron chi connectivity index (χ0n) is 17.5. The minimum atomic E-state index is -1.01. The second-order valence-electron chi connectivity index (χ2n) is 8.65. The van der Waals surface area contributed by atoms with Gasteiger partial charge in [0.05, 0.1) is 27.0 Å². The van der Waals surface area contributed by atoms with Gasteiger partial charge in [-0.25, -0.2) is 4.98 Å². The maximum absolute atomic E-state index is 12.7. The molecule has 2 aromatic rings. The van der Waals surface area contributed by atoms with Gasteiger partial charge in [0.2, 0.25) is 5.91 Å². The number of hydrogen-bond acceptors (Lipinski definition) is 8. The van der Waals surface area contributed by atoms with Crippen LogP contribution >= 0.6 is 11.3 Å². The smallest absolute Gasteiger partial charge is 0.318 e. The van der Waals surface area contributed by atoms with E-state index in [2.05, 4.69) is 26.2 Å². The van der Waals surface area contributed by atoms with Crippen LogP contribution in [0.15, 0.2) is 17.5 Å². The number of phenols is 1. The zero-order chi connectivity index (χ0) is 22.9. The lowest BCUT2D eigenvalue weighted by atomic mass is 9.93. The van der Waals surface area contributed by atoms with E-state index < -0.39 is 27.0 Å². The molecule has 1 N–H and O–H groups in total. The molecule has 0 unspecified atom stereocenters. The molecule has 0 spiro atoms. The molecular formula is C20H24N4O6S. The van der Waals surface area contributed by atoms with Gasteiger partial charge in [-0.15, -0.1) is 11.3 Å². The molecule has 1 fully saturated rings. The molecule has 1 aromatic heterocycles. The molecule has 0 aliphatic carbocycles. The number of nitrogens with zero attached hydrogens (tertiary/aromatic N) is 4. The number of benzene rings is 1. The van der Waals surface area contributed by atoms with Crippen molar-refractivity contribution in [3.8, 4) is 5.75 Å². The molecule has 3 rings (SSSR count). The largest absolute Gasteiger partial charge is 0.497 e. The minimum absolute atomic E-state index is 0.0131. The normalized spacial score (nSPS) is 15.1. The van der Waals surface area contributed by atoms with Crippen molar-refractivity contribution in [1.82, 2.24) is 9.88 Å². The number of likely N-dealkylation sites (tertiary alicyclic amines) is 1. The van der Waals surface area contributed by atoms with Crippen molar-refractivity contribution < 1.29 is 19.7 Å². The van der Waals surface area contributed by atoms with Gasteiger partial charge in [-0.3, -0.25) is 25.0 Å². The quantitative estimate of drug-likeness (QED) is 0.540. The van der Waals surface area contributed by atoms with Gasteiger partial charge in [0.15, 0.2) is 0 Å². The highest BCUT2D eigenvalue weighted by Gasteiger charge is 2.30. The summed E-state index contributed by atoms with van der Waals surface area (Å²) in [6.45, 7) is 7.40. The molecule has 1 aliphatic rings. The average Bonchev–Trinajstić information content (AvgIpc) is 3.19. The monoisotopic (exact) mass is 448 g/mol. The molecule has 1 saturated heterocycles. The Hall–Kier alpha value is -3.08. The summed E-state index contributed by atoms with van der Waals surface area (Å²) in [6.07, 6.45) is 1.31. The van der Waals surface area contributed by atoms with Gasteiger partial charge < -0.3 is 10.0 Å². The van der Waals surface area contributed by atoms with E-state index in [9.17, 15) is 30.1 Å². The number of carbonyl (C=O) groups excluding carboxylic acids is 1. The van der Waals surface area contributed by atoms with Gasteiger partial charge >= 0.3 is 11.4 Å². The summed E-state index contributed by atoms with van der Waals surface area (Å²) < 4.78 is 0. The number of hydrogen-bond donors (Lipinski definition) is 1. The number of nitro benzene ring substituents is 2. The summed E-state index contributed by atoms with van der Waals surface area (Å²) in [5.74, 6) is -0.992. The first-order chi connectivity index (χ1) is 14.5. The van der Waals surface area contributed by atoms with Crippen LogP contribution in [-0.4, -0.2) is 43.8 Å². The van der Waals surface area contributed by atoms with Crippen molar-refractivity contribution >= 4 is 28.6 Å². The lowest BCUT2D eigenvalue weighted by Crippen LogP contribution is -2.38. The molecule has 0 radical (unpaired) electrons. The van der Waals surface area contributed by atoms with Gasteiger partial charge in [0.1, 0.15) is 0 Å². The maximum Gasteiger partial charge on any atom is 0.318 e. The summed E-state index contributed by atoms with van der Waals surface area (Å²) in [7, 11) is 0. The van der Waals surface area contributed by atoms with Crippen LogP contribution in [0.4, 0.5) is 11.4 Å². The fourth-order valence-electron chi connectivity index (χ4n) is 3.52. The zero-order valence-corrected chi connectivity index (χ0v) is 18.3. The number of thiazole rings is 1. The van der Waals surface area contributed by atoms with Crippen molar-refractivity contribution in [2.45, 2.75) is 51.4 Å². The van der Waals surface area contributed by atoms with Crippen molar-refractivity contribution in [2.24, 2.45) is 0 Å². The van der Waals surface area contributed by atoms with E-state index in [1.54, 1.807) is 16.2 Å². The third-order valence-corrected chi connectivity index (χ3v) is 6.37. The molecule has 166 valence electrons. The number of aromatic hydroxyl groups is 1. The van der Waals surface area contributed by atoms with Crippen molar-refractivity contribution in [1.29, 1.82) is 0 Å². The van der Waals surface area contributed by atoms with Gasteiger partial charge in [-0.2, -0.15) is 0 Å². The number of carbonyl (C=O) groups is 1. The van der Waals surface area contributed by atoms with E-state index in [-0.39, 0.29) is 29.2 Å². The topological polar surface area (TPSA) is 140 Å². The number of piperidine rings is 1. The van der Waals surface area contributed by atoms with Gasteiger partial charge in [0, 0.05) is 41.9 Å². The van der Waals surface area contributed by atoms with E-state index in [1.165, 1.54) is 0 Å². The molecule has 1 aliphatic heterocycles. The lowest BCUT2D eigenvalue weighted by molar-refractivity contribution is -0.396. The second kappa shape index (κ2) is 8.58. The number of nitro groups is 2. The van der Waals surface area contributed by atoms with Crippen LogP contribution in [-0.2, 0) is 16.6 Å². The van der Waals surface area contributed by atoms with Crippen LogP contribution in [0.1, 0.15) is 55.8 Å². The summed E-state index contributed by atoms with van der Waals surface area (Å²) >= 11 is 1.64. The van der Waals surface area contributed by atoms with Crippen LogP contribution in [0.5, 0.6) is 5.75 Å². The maximum atomic E-state index is 12.7. The number of rotatable bonds is 5. The number of phenolic OH excluding ortho intramolecular Hbond substituents is 1. The highest BCUT2D eigenvalue weighted by Crippen LogP contribution is 2.37. The first-order valence-corrected chi connectivity index (χ1v) is 10.7. The van der Waals surface area contributed by atoms with Crippen molar-refractivity contribution in [3.05, 3.63) is 54.0 Å². The van der Waals surface area contributed by atoms with Crippen LogP contribution < -0.4 is 0 Å². The van der Waals surface area contributed by atoms with Crippen LogP contribution in [0.3, 0.4) is 0 Å². The van der Waals surface area contributed by atoms with Crippen LogP contribution in [0.2, 0.25) is 0 Å². The number of amides is 1. The Kier molecular flexibility index (Phi) is 6.25. The predicted octanol–water partition coefficient (Wildman–Crippen LogP) is 3.91. The summed E-state index contributed by atoms with van der Waals surface area (Å²) in [6, 6.07) is 2.02. The Bertz CT molecular complexity index is 986. The fraction of sp³-hybridized carbons (Fsp3) is 0.500. The van der Waals surface area contributed by atoms with Gasteiger partial charge in [-0.1, -0.05) is 20.8 Å². The Morgan fingerprint density at radius 2 is 1.74 bits per heavy atom. The van der Waals surface area contributed by atoms with E-state index in [0.717, 1.165) is 35.7 Å². The van der Waals surface area contributed by atoms with Gasteiger partial charge in [-0.05, 0) is 18.4 Å². The minimum Gasteiger partial charge on any atom is -0.497 e. The summed E-state index contributed by atoms with van der Waals surface area (Å²) in [4.78, 5) is 39.5. The van der Waals surface area contributed by atoms with E-state index in [0.29, 0.717) is 13.1 Å². The van der Waals surface area contributed by atoms with E-state index in [4.69, 9.17) is 4.98 Å².